The molecule has 2 rings (SSSR count). The van der Waals surface area contributed by atoms with Crippen LogP contribution in [0.15, 0.2) is 29.4 Å². The van der Waals surface area contributed by atoms with Gasteiger partial charge in [0.05, 0.1) is 23.9 Å². The van der Waals surface area contributed by atoms with Crippen LogP contribution in [-0.2, 0) is 4.74 Å². The Kier molecular flexibility index (Phi) is 4.55. The lowest BCUT2D eigenvalue weighted by atomic mass is 10.2. The zero-order valence-corrected chi connectivity index (χ0v) is 11.6. The van der Waals surface area contributed by atoms with E-state index in [-0.39, 0.29) is 0 Å². The molecule has 0 aliphatic heterocycles. The third-order valence-electron chi connectivity index (χ3n) is 2.55. The highest BCUT2D eigenvalue weighted by molar-refractivity contribution is 7.99. The summed E-state index contributed by atoms with van der Waals surface area (Å²) >= 11 is 1.58. The monoisotopic (exact) mass is 274 g/mol. The zero-order valence-electron chi connectivity index (χ0n) is 10.8. The van der Waals surface area contributed by atoms with Crippen LogP contribution in [0.25, 0.3) is 5.69 Å². The smallest absolute Gasteiger partial charge is 0.195 e. The number of rotatable bonds is 5. The largest absolute Gasteiger partial charge is 0.384 e. The lowest BCUT2D eigenvalue weighted by Crippen LogP contribution is -2.01. The summed E-state index contributed by atoms with van der Waals surface area (Å²) in [5.41, 5.74) is 1.53. The quantitative estimate of drug-likeness (QED) is 0.617. The summed E-state index contributed by atoms with van der Waals surface area (Å²) < 4.78 is 6.98. The van der Waals surface area contributed by atoms with Crippen LogP contribution in [0.2, 0.25) is 0 Å². The topological polar surface area (TPSA) is 63.7 Å². The number of thioether (sulfide) groups is 1. The minimum atomic E-state index is 0.624. The first-order chi connectivity index (χ1) is 9.26. The van der Waals surface area contributed by atoms with E-state index in [2.05, 4.69) is 16.3 Å². The van der Waals surface area contributed by atoms with Gasteiger partial charge in [0.1, 0.15) is 5.82 Å². The van der Waals surface area contributed by atoms with E-state index in [1.807, 2.05) is 29.7 Å². The molecule has 0 spiro atoms. The fourth-order valence-electron chi connectivity index (χ4n) is 1.66. The van der Waals surface area contributed by atoms with Crippen molar-refractivity contribution in [3.05, 3.63) is 35.7 Å². The fourth-order valence-corrected chi connectivity index (χ4v) is 2.56. The Morgan fingerprint density at radius 1 is 1.42 bits per heavy atom. The van der Waals surface area contributed by atoms with Crippen LogP contribution in [0.4, 0.5) is 0 Å². The van der Waals surface area contributed by atoms with E-state index in [4.69, 9.17) is 10.00 Å². The van der Waals surface area contributed by atoms with Crippen LogP contribution >= 0.6 is 11.8 Å². The van der Waals surface area contributed by atoms with E-state index in [9.17, 15) is 0 Å². The number of ether oxygens (including phenoxy) is 1. The van der Waals surface area contributed by atoms with Crippen LogP contribution in [-0.4, -0.2) is 34.2 Å². The average Bonchev–Trinajstić information content (AvgIpc) is 2.80. The number of benzene rings is 1. The molecular formula is C13H14N4OS. The van der Waals surface area contributed by atoms with E-state index in [0.29, 0.717) is 12.2 Å². The summed E-state index contributed by atoms with van der Waals surface area (Å²) in [5.74, 6) is 1.61. The summed E-state index contributed by atoms with van der Waals surface area (Å²) in [6, 6.07) is 9.55. The highest BCUT2D eigenvalue weighted by Crippen LogP contribution is 2.22. The van der Waals surface area contributed by atoms with Crippen LogP contribution in [0, 0.1) is 18.3 Å². The molecule has 0 radical (unpaired) electrons. The lowest BCUT2D eigenvalue weighted by molar-refractivity contribution is 0.218. The summed E-state index contributed by atoms with van der Waals surface area (Å²) in [7, 11) is 1.67. The second kappa shape index (κ2) is 6.36. The molecule has 98 valence electrons. The number of aromatic nitrogens is 3. The Hall–Kier alpha value is -1.84. The maximum absolute atomic E-state index is 8.96. The fraction of sp³-hybridized carbons (Fsp3) is 0.308. The summed E-state index contributed by atoms with van der Waals surface area (Å²) in [5, 5.41) is 18.0. The first kappa shape index (κ1) is 13.6. The Balaban J connectivity index is 2.32. The van der Waals surface area contributed by atoms with Crippen molar-refractivity contribution in [1.29, 1.82) is 5.26 Å². The van der Waals surface area contributed by atoms with Gasteiger partial charge in [-0.15, -0.1) is 10.2 Å². The maximum atomic E-state index is 8.96. The van der Waals surface area contributed by atoms with Crippen molar-refractivity contribution in [2.75, 3.05) is 19.5 Å². The Morgan fingerprint density at radius 2 is 2.26 bits per heavy atom. The predicted molar refractivity (Wildman–Crippen MR) is 73.4 cm³/mol. The number of hydrogen-bond donors (Lipinski definition) is 0. The molecule has 1 aromatic carbocycles. The Bertz CT molecular complexity index is 603. The molecule has 5 nitrogen and oxygen atoms in total. The molecule has 0 atom stereocenters. The minimum absolute atomic E-state index is 0.624. The lowest BCUT2D eigenvalue weighted by Gasteiger charge is -2.08. The normalized spacial score (nSPS) is 10.4. The molecule has 0 aliphatic rings. The average molecular weight is 274 g/mol. The summed E-state index contributed by atoms with van der Waals surface area (Å²) in [6.07, 6.45) is 0. The van der Waals surface area contributed by atoms with Gasteiger partial charge in [-0.2, -0.15) is 5.26 Å². The van der Waals surface area contributed by atoms with Gasteiger partial charge >= 0.3 is 0 Å². The van der Waals surface area contributed by atoms with Crippen LogP contribution < -0.4 is 0 Å². The van der Waals surface area contributed by atoms with Gasteiger partial charge in [-0.05, 0) is 25.1 Å². The van der Waals surface area contributed by atoms with Gasteiger partial charge < -0.3 is 4.74 Å². The van der Waals surface area contributed by atoms with E-state index in [1.54, 1.807) is 24.9 Å². The molecule has 2 aromatic rings. The molecule has 0 aliphatic carbocycles. The van der Waals surface area contributed by atoms with E-state index in [1.165, 1.54) is 0 Å². The molecule has 0 amide bonds. The number of methoxy groups -OCH3 is 1. The molecule has 0 unspecified atom stereocenters. The van der Waals surface area contributed by atoms with Crippen molar-refractivity contribution < 1.29 is 4.74 Å². The molecule has 0 fully saturated rings. The summed E-state index contributed by atoms with van der Waals surface area (Å²) in [4.78, 5) is 0. The third-order valence-corrected chi connectivity index (χ3v) is 3.44. The molecule has 1 aromatic heterocycles. The van der Waals surface area contributed by atoms with E-state index >= 15 is 0 Å². The molecule has 0 N–H and O–H groups in total. The standard InChI is InChI=1S/C13H14N4OS/c1-10-15-16-13(19-7-6-18-2)17(10)12-5-3-4-11(8-12)9-14/h3-5,8H,6-7H2,1-2H3. The van der Waals surface area contributed by atoms with Gasteiger partial charge in [0.2, 0.25) is 0 Å². The maximum Gasteiger partial charge on any atom is 0.195 e. The number of nitrogens with zero attached hydrogens (tertiary/aromatic N) is 4. The molecule has 1 heterocycles. The van der Waals surface area contributed by atoms with Gasteiger partial charge in [0.25, 0.3) is 0 Å². The van der Waals surface area contributed by atoms with Gasteiger partial charge in [0.15, 0.2) is 5.16 Å². The van der Waals surface area contributed by atoms with E-state index in [0.717, 1.165) is 22.4 Å². The van der Waals surface area contributed by atoms with Crippen molar-refractivity contribution in [3.63, 3.8) is 0 Å². The molecule has 19 heavy (non-hydrogen) atoms. The van der Waals surface area contributed by atoms with Crippen LogP contribution in [0.3, 0.4) is 0 Å². The molecule has 0 bridgehead atoms. The predicted octanol–water partition coefficient (Wildman–Crippen LogP) is 2.19. The second-order valence-corrected chi connectivity index (χ2v) is 4.93. The van der Waals surface area contributed by atoms with Gasteiger partial charge in [-0.1, -0.05) is 17.8 Å². The molecule has 6 heteroatoms. The van der Waals surface area contributed by atoms with Gasteiger partial charge in [-0.25, -0.2) is 0 Å². The Morgan fingerprint density at radius 3 is 3.00 bits per heavy atom. The number of aryl methyl sites for hydroxylation is 1. The van der Waals surface area contributed by atoms with Crippen molar-refractivity contribution in [2.45, 2.75) is 12.1 Å². The SMILES string of the molecule is COCCSc1nnc(C)n1-c1cccc(C#N)c1. The minimum Gasteiger partial charge on any atom is -0.384 e. The first-order valence-electron chi connectivity index (χ1n) is 5.80. The van der Waals surface area contributed by atoms with Crippen molar-refractivity contribution in [1.82, 2.24) is 14.8 Å². The summed E-state index contributed by atoms with van der Waals surface area (Å²) in [6.45, 7) is 2.56. The van der Waals surface area contributed by atoms with Crippen molar-refractivity contribution in [3.8, 4) is 11.8 Å². The van der Waals surface area contributed by atoms with Gasteiger partial charge in [0, 0.05) is 12.9 Å². The van der Waals surface area contributed by atoms with Crippen molar-refractivity contribution in [2.24, 2.45) is 0 Å². The molecular weight excluding hydrogens is 260 g/mol. The number of nitriles is 1. The van der Waals surface area contributed by atoms with Crippen molar-refractivity contribution >= 4 is 11.8 Å². The number of hydrogen-bond acceptors (Lipinski definition) is 5. The van der Waals surface area contributed by atoms with E-state index < -0.39 is 0 Å². The molecule has 0 saturated heterocycles. The van der Waals surface area contributed by atoms with Crippen LogP contribution in [0.1, 0.15) is 11.4 Å². The first-order valence-corrected chi connectivity index (χ1v) is 6.79. The molecule has 0 saturated carbocycles. The highest BCUT2D eigenvalue weighted by atomic mass is 32.2. The van der Waals surface area contributed by atoms with Gasteiger partial charge in [-0.3, -0.25) is 4.57 Å². The second-order valence-electron chi connectivity index (χ2n) is 3.87. The highest BCUT2D eigenvalue weighted by Gasteiger charge is 2.11. The zero-order chi connectivity index (χ0) is 13.7. The van der Waals surface area contributed by atoms with Crippen LogP contribution in [0.5, 0.6) is 0 Å². The Labute approximate surface area is 116 Å². The third kappa shape index (κ3) is 3.13.